The van der Waals surface area contributed by atoms with E-state index in [4.69, 9.17) is 0 Å². The number of aryl methyl sites for hydroxylation is 1. The van der Waals surface area contributed by atoms with Gasteiger partial charge in [0.1, 0.15) is 0 Å². The minimum Gasteiger partial charge on any atom is -0.345 e. The molecule has 0 atom stereocenters. The lowest BCUT2D eigenvalue weighted by Gasteiger charge is -2.18. The number of aromatic amines is 1. The van der Waals surface area contributed by atoms with Gasteiger partial charge in [-0.15, -0.1) is 0 Å². The van der Waals surface area contributed by atoms with Crippen LogP contribution in [-0.4, -0.2) is 54.9 Å². The number of amides is 1. The molecular weight excluding hydrogens is 364 g/mol. The van der Waals surface area contributed by atoms with Gasteiger partial charge in [0.15, 0.2) is 0 Å². The van der Waals surface area contributed by atoms with Gasteiger partial charge in [0, 0.05) is 32.4 Å². The molecule has 1 N–H and O–H groups in total. The van der Waals surface area contributed by atoms with Crippen molar-refractivity contribution in [1.29, 1.82) is 0 Å². The maximum atomic E-state index is 13.0. The summed E-state index contributed by atoms with van der Waals surface area (Å²) in [6.45, 7) is 0.208. The van der Waals surface area contributed by atoms with Gasteiger partial charge in [0.2, 0.25) is 10.0 Å². The number of sulfonamides is 1. The molecule has 0 spiro atoms. The SMILES string of the molecule is CN(C)C(=O)c1cccc(S(=O)(=O)N(C)Cc2n[nH]c3c2CCCCC3)c1. The van der Waals surface area contributed by atoms with E-state index < -0.39 is 10.0 Å². The van der Waals surface area contributed by atoms with E-state index in [0.29, 0.717) is 5.56 Å². The molecule has 27 heavy (non-hydrogen) atoms. The minimum atomic E-state index is -3.72. The van der Waals surface area contributed by atoms with Crippen LogP contribution < -0.4 is 0 Å². The van der Waals surface area contributed by atoms with Crippen LogP contribution in [0.15, 0.2) is 29.2 Å². The fourth-order valence-electron chi connectivity index (χ4n) is 3.38. The Bertz CT molecular complexity index is 934. The first-order valence-corrected chi connectivity index (χ1v) is 10.6. The van der Waals surface area contributed by atoms with Crippen LogP contribution in [0.25, 0.3) is 0 Å². The molecule has 1 aromatic carbocycles. The Morgan fingerprint density at radius 1 is 1.15 bits per heavy atom. The standard InChI is InChI=1S/C19H26N4O3S/c1-22(2)19(24)14-8-7-9-15(12-14)27(25,26)23(3)13-18-16-10-5-4-6-11-17(16)20-21-18/h7-9,12H,4-6,10-11,13H2,1-3H3,(H,20,21). The maximum absolute atomic E-state index is 13.0. The van der Waals surface area contributed by atoms with Crippen LogP contribution in [0.3, 0.4) is 0 Å². The third-order valence-electron chi connectivity index (χ3n) is 4.96. The predicted octanol–water partition coefficient (Wildman–Crippen LogP) is 2.20. The highest BCUT2D eigenvalue weighted by Crippen LogP contribution is 2.24. The number of rotatable bonds is 5. The van der Waals surface area contributed by atoms with E-state index in [9.17, 15) is 13.2 Å². The Labute approximate surface area is 160 Å². The smallest absolute Gasteiger partial charge is 0.253 e. The van der Waals surface area contributed by atoms with E-state index in [-0.39, 0.29) is 17.3 Å². The molecule has 0 radical (unpaired) electrons. The molecule has 1 amide bonds. The van der Waals surface area contributed by atoms with Gasteiger partial charge in [-0.3, -0.25) is 9.89 Å². The van der Waals surface area contributed by atoms with Crippen molar-refractivity contribution in [3.05, 3.63) is 46.8 Å². The zero-order valence-electron chi connectivity index (χ0n) is 16.0. The molecule has 0 fully saturated rings. The van der Waals surface area contributed by atoms with E-state index in [1.165, 1.54) is 27.8 Å². The van der Waals surface area contributed by atoms with Gasteiger partial charge >= 0.3 is 0 Å². The van der Waals surface area contributed by atoms with E-state index in [1.54, 1.807) is 33.3 Å². The molecular formula is C19H26N4O3S. The highest BCUT2D eigenvalue weighted by atomic mass is 32.2. The van der Waals surface area contributed by atoms with Gasteiger partial charge in [-0.2, -0.15) is 9.40 Å². The normalized spacial score (nSPS) is 14.7. The Hall–Kier alpha value is -2.19. The molecule has 1 aliphatic rings. The molecule has 1 heterocycles. The third-order valence-corrected chi connectivity index (χ3v) is 6.76. The number of benzene rings is 1. The van der Waals surface area contributed by atoms with Crippen molar-refractivity contribution >= 4 is 15.9 Å². The Morgan fingerprint density at radius 2 is 1.89 bits per heavy atom. The highest BCUT2D eigenvalue weighted by Gasteiger charge is 2.25. The molecule has 7 nitrogen and oxygen atoms in total. The first-order valence-electron chi connectivity index (χ1n) is 9.13. The van der Waals surface area contributed by atoms with Crippen LogP contribution in [0.4, 0.5) is 0 Å². The van der Waals surface area contributed by atoms with Gasteiger partial charge in [0.05, 0.1) is 17.1 Å². The first kappa shape index (κ1) is 19.6. The Kier molecular flexibility index (Phi) is 5.67. The second kappa shape index (κ2) is 7.82. The van der Waals surface area contributed by atoms with Gasteiger partial charge in [-0.25, -0.2) is 8.42 Å². The molecule has 0 saturated heterocycles. The quantitative estimate of drug-likeness (QED) is 0.793. The van der Waals surface area contributed by atoms with E-state index in [0.717, 1.165) is 42.6 Å². The van der Waals surface area contributed by atoms with Gasteiger partial charge in [-0.1, -0.05) is 12.5 Å². The largest absolute Gasteiger partial charge is 0.345 e. The molecule has 8 heteroatoms. The summed E-state index contributed by atoms with van der Waals surface area (Å²) in [5, 5.41) is 7.44. The number of hydrogen-bond acceptors (Lipinski definition) is 4. The lowest BCUT2D eigenvalue weighted by atomic mass is 10.1. The van der Waals surface area contributed by atoms with Crippen LogP contribution in [0, 0.1) is 0 Å². The lowest BCUT2D eigenvalue weighted by Crippen LogP contribution is -2.28. The molecule has 0 saturated carbocycles. The highest BCUT2D eigenvalue weighted by molar-refractivity contribution is 7.89. The minimum absolute atomic E-state index is 0.110. The molecule has 1 aromatic heterocycles. The van der Waals surface area contributed by atoms with Gasteiger partial charge < -0.3 is 4.90 Å². The average molecular weight is 391 g/mol. The molecule has 1 aliphatic carbocycles. The predicted molar refractivity (Wildman–Crippen MR) is 103 cm³/mol. The molecule has 146 valence electrons. The molecule has 2 aromatic rings. The summed E-state index contributed by atoms with van der Waals surface area (Å²) in [5.74, 6) is -0.229. The molecule has 0 aliphatic heterocycles. The number of aromatic nitrogens is 2. The van der Waals surface area contributed by atoms with Crippen LogP contribution in [0.2, 0.25) is 0 Å². The molecule has 3 rings (SSSR count). The monoisotopic (exact) mass is 390 g/mol. The fraction of sp³-hybridized carbons (Fsp3) is 0.474. The summed E-state index contributed by atoms with van der Waals surface area (Å²) in [6.07, 6.45) is 5.32. The summed E-state index contributed by atoms with van der Waals surface area (Å²) in [5.41, 5.74) is 3.43. The molecule has 0 bridgehead atoms. The van der Waals surface area contributed by atoms with Crippen molar-refractivity contribution in [2.24, 2.45) is 0 Å². The van der Waals surface area contributed by atoms with E-state index >= 15 is 0 Å². The second-order valence-corrected chi connectivity index (χ2v) is 9.22. The zero-order chi connectivity index (χ0) is 19.6. The average Bonchev–Trinajstić information content (AvgIpc) is 2.87. The number of nitrogens with one attached hydrogen (secondary N) is 1. The van der Waals surface area contributed by atoms with Crippen LogP contribution >= 0.6 is 0 Å². The summed E-state index contributed by atoms with van der Waals surface area (Å²) < 4.78 is 27.3. The fourth-order valence-corrected chi connectivity index (χ4v) is 4.56. The summed E-state index contributed by atoms with van der Waals surface area (Å²) in [7, 11) is 1.10. The number of nitrogens with zero attached hydrogens (tertiary/aromatic N) is 3. The van der Waals surface area contributed by atoms with Crippen molar-refractivity contribution in [3.8, 4) is 0 Å². The van der Waals surface area contributed by atoms with Crippen molar-refractivity contribution in [1.82, 2.24) is 19.4 Å². The Morgan fingerprint density at radius 3 is 2.63 bits per heavy atom. The maximum Gasteiger partial charge on any atom is 0.253 e. The van der Waals surface area contributed by atoms with E-state index in [1.807, 2.05) is 0 Å². The number of fused-ring (bicyclic) bond motifs is 1. The molecule has 0 unspecified atom stereocenters. The second-order valence-electron chi connectivity index (χ2n) is 7.18. The number of carbonyl (C=O) groups is 1. The topological polar surface area (TPSA) is 86.4 Å². The van der Waals surface area contributed by atoms with Crippen LogP contribution in [0.1, 0.15) is 46.6 Å². The lowest BCUT2D eigenvalue weighted by molar-refractivity contribution is 0.0827. The zero-order valence-corrected chi connectivity index (χ0v) is 16.8. The number of hydrogen-bond donors (Lipinski definition) is 1. The van der Waals surface area contributed by atoms with Crippen molar-refractivity contribution < 1.29 is 13.2 Å². The van der Waals surface area contributed by atoms with Crippen molar-refractivity contribution in [2.75, 3.05) is 21.1 Å². The third kappa shape index (κ3) is 4.06. The number of carbonyl (C=O) groups excluding carboxylic acids is 1. The van der Waals surface area contributed by atoms with Crippen molar-refractivity contribution in [2.45, 2.75) is 43.5 Å². The first-order chi connectivity index (χ1) is 12.8. The van der Waals surface area contributed by atoms with Gasteiger partial charge in [-0.05, 0) is 49.4 Å². The van der Waals surface area contributed by atoms with Gasteiger partial charge in [0.25, 0.3) is 5.91 Å². The van der Waals surface area contributed by atoms with Crippen molar-refractivity contribution in [3.63, 3.8) is 0 Å². The summed E-state index contributed by atoms with van der Waals surface area (Å²) in [6, 6.07) is 6.16. The summed E-state index contributed by atoms with van der Waals surface area (Å²) >= 11 is 0. The number of H-pyrrole nitrogens is 1. The van der Waals surface area contributed by atoms with Crippen LogP contribution in [0.5, 0.6) is 0 Å². The summed E-state index contributed by atoms with van der Waals surface area (Å²) in [4.78, 5) is 13.7. The van der Waals surface area contributed by atoms with E-state index in [2.05, 4.69) is 10.2 Å². The van der Waals surface area contributed by atoms with Crippen LogP contribution in [-0.2, 0) is 29.4 Å². The Balaban J connectivity index is 1.84.